The second-order valence-corrected chi connectivity index (χ2v) is 5.70. The van der Waals surface area contributed by atoms with Gasteiger partial charge in [-0.2, -0.15) is 0 Å². The number of ether oxygens (including phenoxy) is 2. The number of hydrogen-bond donors (Lipinski definition) is 2. The summed E-state index contributed by atoms with van der Waals surface area (Å²) >= 11 is 0. The van der Waals surface area contributed by atoms with Crippen molar-refractivity contribution in [2.24, 2.45) is 0 Å². The molecule has 2 heterocycles. The van der Waals surface area contributed by atoms with E-state index in [4.69, 9.17) is 9.47 Å². The van der Waals surface area contributed by atoms with Crippen LogP contribution in [0.25, 0.3) is 0 Å². The maximum absolute atomic E-state index is 11.7. The minimum Gasteiger partial charge on any atom is -0.488 e. The number of carbonyl (C=O) groups is 1. The first-order valence-electron chi connectivity index (χ1n) is 7.01. The van der Waals surface area contributed by atoms with Crippen LogP contribution in [-0.4, -0.2) is 43.9 Å². The van der Waals surface area contributed by atoms with E-state index in [1.165, 1.54) is 5.56 Å². The van der Waals surface area contributed by atoms with Crippen molar-refractivity contribution in [1.29, 1.82) is 0 Å². The van der Waals surface area contributed by atoms with Crippen LogP contribution in [0.5, 0.6) is 5.75 Å². The predicted molar refractivity (Wildman–Crippen MR) is 74.8 cm³/mol. The third-order valence-electron chi connectivity index (χ3n) is 3.79. The van der Waals surface area contributed by atoms with Crippen molar-refractivity contribution < 1.29 is 14.3 Å². The van der Waals surface area contributed by atoms with Gasteiger partial charge in [-0.15, -0.1) is 0 Å². The minimum absolute atomic E-state index is 0.0253. The zero-order chi connectivity index (χ0) is 14.0. The smallest absolute Gasteiger partial charge is 0.246 e. The minimum atomic E-state index is -0.183. The summed E-state index contributed by atoms with van der Waals surface area (Å²) in [4.78, 5) is 11.7. The summed E-state index contributed by atoms with van der Waals surface area (Å²) in [5.74, 6) is 0.841. The maximum Gasteiger partial charge on any atom is 0.246 e. The summed E-state index contributed by atoms with van der Waals surface area (Å²) in [6.07, 6.45) is 0.871. The van der Waals surface area contributed by atoms with Crippen LogP contribution in [0.4, 0.5) is 0 Å². The molecule has 1 fully saturated rings. The molecule has 1 atom stereocenters. The summed E-state index contributed by atoms with van der Waals surface area (Å²) in [5.41, 5.74) is 1.02. The van der Waals surface area contributed by atoms with E-state index in [1.54, 1.807) is 0 Å². The normalized spacial score (nSPS) is 22.6. The highest BCUT2D eigenvalue weighted by Gasteiger charge is 2.33. The van der Waals surface area contributed by atoms with E-state index in [-0.39, 0.29) is 24.2 Å². The molecule has 0 saturated carbocycles. The van der Waals surface area contributed by atoms with E-state index >= 15 is 0 Å². The Morgan fingerprint density at radius 3 is 3.00 bits per heavy atom. The molecule has 3 rings (SSSR count). The molecule has 1 saturated heterocycles. The average molecular weight is 276 g/mol. The van der Waals surface area contributed by atoms with Crippen LogP contribution in [0.3, 0.4) is 0 Å². The second-order valence-electron chi connectivity index (χ2n) is 5.70. The number of benzene rings is 1. The van der Waals surface area contributed by atoms with Crippen LogP contribution < -0.4 is 15.4 Å². The van der Waals surface area contributed by atoms with Crippen molar-refractivity contribution in [3.05, 3.63) is 29.8 Å². The van der Waals surface area contributed by atoms with Crippen molar-refractivity contribution in [2.45, 2.75) is 25.0 Å². The van der Waals surface area contributed by atoms with Crippen LogP contribution >= 0.6 is 0 Å². The molecule has 0 spiro atoms. The summed E-state index contributed by atoms with van der Waals surface area (Å²) in [5, 5.41) is 6.01. The second kappa shape index (κ2) is 5.42. The van der Waals surface area contributed by atoms with Crippen molar-refractivity contribution in [2.75, 3.05) is 26.2 Å². The number of nitrogens with one attached hydrogen (secondary N) is 2. The van der Waals surface area contributed by atoms with Gasteiger partial charge in [0.2, 0.25) is 5.91 Å². The first-order chi connectivity index (χ1) is 9.65. The molecule has 2 aliphatic heterocycles. The summed E-state index contributed by atoms with van der Waals surface area (Å²) < 4.78 is 11.4. The lowest BCUT2D eigenvalue weighted by Crippen LogP contribution is -2.59. The molecule has 2 N–H and O–H groups in total. The fourth-order valence-electron chi connectivity index (χ4n) is 2.47. The van der Waals surface area contributed by atoms with Gasteiger partial charge < -0.3 is 20.1 Å². The van der Waals surface area contributed by atoms with Crippen LogP contribution in [0.15, 0.2) is 24.3 Å². The molecule has 1 aromatic carbocycles. The lowest BCUT2D eigenvalue weighted by Gasteiger charge is -2.38. The molecule has 0 aliphatic carbocycles. The first-order valence-corrected chi connectivity index (χ1v) is 7.01. The van der Waals surface area contributed by atoms with Gasteiger partial charge in [0.05, 0.1) is 12.1 Å². The Labute approximate surface area is 118 Å². The lowest BCUT2D eigenvalue weighted by molar-refractivity contribution is -0.136. The van der Waals surface area contributed by atoms with Crippen molar-refractivity contribution in [3.63, 3.8) is 0 Å². The Bertz CT molecular complexity index is 475. The van der Waals surface area contributed by atoms with Gasteiger partial charge in [-0.05, 0) is 18.6 Å². The molecule has 108 valence electrons. The quantitative estimate of drug-likeness (QED) is 0.821. The largest absolute Gasteiger partial charge is 0.488 e. The Morgan fingerprint density at radius 1 is 1.50 bits per heavy atom. The third-order valence-corrected chi connectivity index (χ3v) is 3.79. The van der Waals surface area contributed by atoms with Crippen LogP contribution in [0, 0.1) is 0 Å². The van der Waals surface area contributed by atoms with E-state index in [9.17, 15) is 4.79 Å². The van der Waals surface area contributed by atoms with Gasteiger partial charge in [-0.25, -0.2) is 0 Å². The van der Waals surface area contributed by atoms with E-state index < -0.39 is 0 Å². The van der Waals surface area contributed by atoms with Crippen LogP contribution in [0.1, 0.15) is 12.5 Å². The Kier molecular flexibility index (Phi) is 3.63. The molecule has 5 heteroatoms. The van der Waals surface area contributed by atoms with Crippen molar-refractivity contribution in [1.82, 2.24) is 10.6 Å². The van der Waals surface area contributed by atoms with Gasteiger partial charge in [-0.1, -0.05) is 18.2 Å². The molecule has 2 aliphatic rings. The number of para-hydroxylation sites is 1. The van der Waals surface area contributed by atoms with Crippen LogP contribution in [0.2, 0.25) is 0 Å². The van der Waals surface area contributed by atoms with E-state index in [0.29, 0.717) is 6.54 Å². The monoisotopic (exact) mass is 276 g/mol. The van der Waals surface area contributed by atoms with Gasteiger partial charge in [0, 0.05) is 19.5 Å². The maximum atomic E-state index is 11.7. The predicted octanol–water partition coefficient (Wildman–Crippen LogP) is 0.485. The van der Waals surface area contributed by atoms with Crippen molar-refractivity contribution >= 4 is 5.91 Å². The first kappa shape index (κ1) is 13.4. The molecular formula is C15H20N2O3. The Hall–Kier alpha value is -1.59. The number of amides is 1. The van der Waals surface area contributed by atoms with Gasteiger partial charge in [-0.3, -0.25) is 4.79 Å². The number of hydrogen-bond acceptors (Lipinski definition) is 4. The van der Waals surface area contributed by atoms with E-state index in [0.717, 1.165) is 25.3 Å². The van der Waals surface area contributed by atoms with Gasteiger partial charge in [0.25, 0.3) is 0 Å². The molecular weight excluding hydrogens is 256 g/mol. The lowest BCUT2D eigenvalue weighted by atomic mass is 10.0. The van der Waals surface area contributed by atoms with Crippen LogP contribution in [-0.2, 0) is 16.0 Å². The number of fused-ring (bicyclic) bond motifs is 1. The Balaban J connectivity index is 1.39. The Morgan fingerprint density at radius 2 is 2.30 bits per heavy atom. The van der Waals surface area contributed by atoms with Crippen molar-refractivity contribution in [3.8, 4) is 5.75 Å². The molecule has 0 radical (unpaired) electrons. The van der Waals surface area contributed by atoms with E-state index in [2.05, 4.69) is 16.7 Å². The SMILES string of the molecule is CC1(OCC(=O)NCC2Cc3ccccc3O2)CNC1. The van der Waals surface area contributed by atoms with Gasteiger partial charge in [0.1, 0.15) is 18.5 Å². The third kappa shape index (κ3) is 2.94. The molecule has 0 bridgehead atoms. The molecule has 5 nitrogen and oxygen atoms in total. The fourth-order valence-corrected chi connectivity index (χ4v) is 2.47. The highest BCUT2D eigenvalue weighted by Crippen LogP contribution is 2.27. The zero-order valence-electron chi connectivity index (χ0n) is 11.6. The summed E-state index contributed by atoms with van der Waals surface area (Å²) in [7, 11) is 0. The molecule has 1 aromatic rings. The molecule has 1 unspecified atom stereocenters. The summed E-state index contributed by atoms with van der Waals surface area (Å²) in [6.45, 7) is 4.25. The topological polar surface area (TPSA) is 59.6 Å². The van der Waals surface area contributed by atoms with E-state index in [1.807, 2.05) is 25.1 Å². The summed E-state index contributed by atoms with van der Waals surface area (Å²) in [6, 6.07) is 7.99. The molecule has 1 amide bonds. The molecule has 0 aromatic heterocycles. The zero-order valence-corrected chi connectivity index (χ0v) is 11.6. The van der Waals surface area contributed by atoms with Gasteiger partial charge >= 0.3 is 0 Å². The fraction of sp³-hybridized carbons (Fsp3) is 0.533. The standard InChI is InChI=1S/C15H20N2O3/c1-15(9-16-10-15)19-8-14(18)17-7-12-6-11-4-2-3-5-13(11)20-12/h2-5,12,16H,6-10H2,1H3,(H,17,18). The number of rotatable bonds is 5. The average Bonchev–Trinajstić information content (AvgIpc) is 2.83. The van der Waals surface area contributed by atoms with Gasteiger partial charge in [0.15, 0.2) is 0 Å². The highest BCUT2D eigenvalue weighted by atomic mass is 16.5. The number of carbonyl (C=O) groups excluding carboxylic acids is 1. The molecule has 20 heavy (non-hydrogen) atoms. The highest BCUT2D eigenvalue weighted by molar-refractivity contribution is 5.77.